The summed E-state index contributed by atoms with van der Waals surface area (Å²) in [6.45, 7) is 4.73. The normalized spacial score (nSPS) is 21.2. The summed E-state index contributed by atoms with van der Waals surface area (Å²) in [6.07, 6.45) is 5.60. The van der Waals surface area contributed by atoms with Crippen molar-refractivity contribution in [3.05, 3.63) is 11.7 Å². The van der Waals surface area contributed by atoms with Crippen LogP contribution in [0.15, 0.2) is 4.52 Å². The van der Waals surface area contributed by atoms with Crippen LogP contribution in [0.1, 0.15) is 44.3 Å². The molecule has 0 aliphatic carbocycles. The highest BCUT2D eigenvalue weighted by atomic mass is 16.5. The molecule has 1 atom stereocenters. The average molecular weight is 238 g/mol. The number of aromatic nitrogens is 2. The zero-order valence-corrected chi connectivity index (χ0v) is 10.6. The maximum absolute atomic E-state index is 5.74. The maximum atomic E-state index is 5.74. The fourth-order valence-corrected chi connectivity index (χ4v) is 2.33. The van der Waals surface area contributed by atoms with Gasteiger partial charge in [-0.15, -0.1) is 0 Å². The number of unbranched alkanes of at least 4 members (excludes halogenated alkanes) is 1. The Kier molecular flexibility index (Phi) is 4.50. The average Bonchev–Trinajstić information content (AvgIpc) is 2.96. The minimum Gasteiger partial charge on any atom is -0.338 e. The molecule has 5 nitrogen and oxygen atoms in total. The lowest BCUT2D eigenvalue weighted by Crippen LogP contribution is -2.34. The molecule has 2 N–H and O–H groups in total. The second-order valence-corrected chi connectivity index (χ2v) is 4.71. The van der Waals surface area contributed by atoms with Crippen molar-refractivity contribution in [3.8, 4) is 0 Å². The van der Waals surface area contributed by atoms with Gasteiger partial charge in [0.1, 0.15) is 0 Å². The summed E-state index contributed by atoms with van der Waals surface area (Å²) in [5.41, 5.74) is 5.74. The lowest BCUT2D eigenvalue weighted by atomic mass is 10.2. The summed E-state index contributed by atoms with van der Waals surface area (Å²) in [7, 11) is 0. The Morgan fingerprint density at radius 1 is 1.53 bits per heavy atom. The van der Waals surface area contributed by atoms with Gasteiger partial charge in [0.15, 0.2) is 5.82 Å². The largest absolute Gasteiger partial charge is 0.338 e. The number of hydrogen-bond acceptors (Lipinski definition) is 5. The molecule has 2 heterocycles. The second-order valence-electron chi connectivity index (χ2n) is 4.71. The molecular formula is C12H22N4O. The van der Waals surface area contributed by atoms with Gasteiger partial charge in [0.25, 0.3) is 0 Å². The molecule has 0 saturated carbocycles. The van der Waals surface area contributed by atoms with Crippen LogP contribution < -0.4 is 5.73 Å². The summed E-state index contributed by atoms with van der Waals surface area (Å²) in [5.74, 6) is 1.57. The fraction of sp³-hybridized carbons (Fsp3) is 0.833. The molecule has 1 saturated heterocycles. The zero-order chi connectivity index (χ0) is 12.1. The van der Waals surface area contributed by atoms with Crippen molar-refractivity contribution in [2.24, 2.45) is 5.73 Å². The van der Waals surface area contributed by atoms with Crippen LogP contribution in [-0.4, -0.2) is 34.2 Å². The minimum atomic E-state index is 0.487. The third-order valence-corrected chi connectivity index (χ3v) is 3.37. The second kappa shape index (κ2) is 6.12. The molecule has 1 fully saturated rings. The van der Waals surface area contributed by atoms with Crippen molar-refractivity contribution in [1.82, 2.24) is 15.0 Å². The smallest absolute Gasteiger partial charge is 0.240 e. The summed E-state index contributed by atoms with van der Waals surface area (Å²) >= 11 is 0. The van der Waals surface area contributed by atoms with E-state index in [1.165, 1.54) is 12.8 Å². The van der Waals surface area contributed by atoms with E-state index in [0.717, 1.165) is 50.6 Å². The Balaban J connectivity index is 1.87. The first-order chi connectivity index (χ1) is 8.33. The van der Waals surface area contributed by atoms with Gasteiger partial charge in [-0.1, -0.05) is 18.5 Å². The molecule has 0 aromatic carbocycles. The topological polar surface area (TPSA) is 68.2 Å². The number of rotatable bonds is 6. The van der Waals surface area contributed by atoms with Crippen molar-refractivity contribution in [2.75, 3.05) is 13.1 Å². The van der Waals surface area contributed by atoms with Gasteiger partial charge >= 0.3 is 0 Å². The number of nitrogens with two attached hydrogens (primary N) is 1. The monoisotopic (exact) mass is 238 g/mol. The van der Waals surface area contributed by atoms with Gasteiger partial charge in [-0.25, -0.2) is 0 Å². The van der Waals surface area contributed by atoms with Crippen molar-refractivity contribution >= 4 is 0 Å². The van der Waals surface area contributed by atoms with Crippen molar-refractivity contribution in [2.45, 2.75) is 51.6 Å². The maximum Gasteiger partial charge on any atom is 0.240 e. The van der Waals surface area contributed by atoms with Crippen LogP contribution >= 0.6 is 0 Å². The summed E-state index contributed by atoms with van der Waals surface area (Å²) < 4.78 is 5.27. The molecule has 5 heteroatoms. The van der Waals surface area contributed by atoms with Gasteiger partial charge < -0.3 is 10.3 Å². The summed E-state index contributed by atoms with van der Waals surface area (Å²) in [5, 5.41) is 4.00. The first-order valence-electron chi connectivity index (χ1n) is 6.59. The van der Waals surface area contributed by atoms with Gasteiger partial charge in [0.05, 0.1) is 6.54 Å². The molecule has 96 valence electrons. The Bertz CT molecular complexity index is 339. The summed E-state index contributed by atoms with van der Waals surface area (Å²) in [4.78, 5) is 6.76. The Labute approximate surface area is 102 Å². The SMILES string of the molecule is CCCCc1noc(CN2CCCC2CN)n1. The lowest BCUT2D eigenvalue weighted by molar-refractivity contribution is 0.214. The van der Waals surface area contributed by atoms with E-state index in [2.05, 4.69) is 22.0 Å². The van der Waals surface area contributed by atoms with E-state index in [4.69, 9.17) is 10.3 Å². The number of nitrogens with zero attached hydrogens (tertiary/aromatic N) is 3. The van der Waals surface area contributed by atoms with E-state index in [1.807, 2.05) is 0 Å². The van der Waals surface area contributed by atoms with Crippen molar-refractivity contribution < 1.29 is 4.52 Å². The molecule has 1 aromatic heterocycles. The number of aryl methyl sites for hydroxylation is 1. The van der Waals surface area contributed by atoms with Crippen molar-refractivity contribution in [3.63, 3.8) is 0 Å². The molecule has 1 unspecified atom stereocenters. The molecule has 0 bridgehead atoms. The predicted molar refractivity (Wildman–Crippen MR) is 65.4 cm³/mol. The fourth-order valence-electron chi connectivity index (χ4n) is 2.33. The Hall–Kier alpha value is -0.940. The van der Waals surface area contributed by atoms with Crippen LogP contribution in [0.5, 0.6) is 0 Å². The van der Waals surface area contributed by atoms with Crippen LogP contribution in [0.2, 0.25) is 0 Å². The van der Waals surface area contributed by atoms with Gasteiger partial charge in [0, 0.05) is 19.0 Å². The molecule has 1 aliphatic rings. The minimum absolute atomic E-state index is 0.487. The van der Waals surface area contributed by atoms with E-state index in [0.29, 0.717) is 6.04 Å². The molecular weight excluding hydrogens is 216 g/mol. The van der Waals surface area contributed by atoms with Crippen LogP contribution in [0.25, 0.3) is 0 Å². The third kappa shape index (κ3) is 3.26. The van der Waals surface area contributed by atoms with Crippen LogP contribution in [0, 0.1) is 0 Å². The molecule has 0 radical (unpaired) electrons. The number of hydrogen-bond donors (Lipinski definition) is 1. The molecule has 0 amide bonds. The van der Waals surface area contributed by atoms with E-state index in [1.54, 1.807) is 0 Å². The lowest BCUT2D eigenvalue weighted by Gasteiger charge is -2.20. The van der Waals surface area contributed by atoms with Crippen LogP contribution in [0.3, 0.4) is 0 Å². The van der Waals surface area contributed by atoms with Crippen LogP contribution in [0.4, 0.5) is 0 Å². The van der Waals surface area contributed by atoms with E-state index in [-0.39, 0.29) is 0 Å². The van der Waals surface area contributed by atoms with Gasteiger partial charge in [-0.2, -0.15) is 4.98 Å². The van der Waals surface area contributed by atoms with E-state index in [9.17, 15) is 0 Å². The highest BCUT2D eigenvalue weighted by Gasteiger charge is 2.24. The molecule has 1 aromatic rings. The van der Waals surface area contributed by atoms with Crippen LogP contribution in [-0.2, 0) is 13.0 Å². The van der Waals surface area contributed by atoms with Crippen molar-refractivity contribution in [1.29, 1.82) is 0 Å². The van der Waals surface area contributed by atoms with E-state index < -0.39 is 0 Å². The quantitative estimate of drug-likeness (QED) is 0.810. The summed E-state index contributed by atoms with van der Waals surface area (Å²) in [6, 6.07) is 0.487. The Morgan fingerprint density at radius 2 is 2.41 bits per heavy atom. The molecule has 17 heavy (non-hydrogen) atoms. The predicted octanol–water partition coefficient (Wildman–Crippen LogP) is 1.34. The zero-order valence-electron chi connectivity index (χ0n) is 10.6. The molecule has 2 rings (SSSR count). The Morgan fingerprint density at radius 3 is 3.18 bits per heavy atom. The highest BCUT2D eigenvalue weighted by molar-refractivity contribution is 4.89. The molecule has 0 spiro atoms. The van der Waals surface area contributed by atoms with Gasteiger partial charge in [-0.05, 0) is 25.8 Å². The van der Waals surface area contributed by atoms with Gasteiger partial charge in [-0.3, -0.25) is 4.90 Å². The molecule has 1 aliphatic heterocycles. The van der Waals surface area contributed by atoms with E-state index >= 15 is 0 Å². The third-order valence-electron chi connectivity index (χ3n) is 3.37. The standard InChI is InChI=1S/C12H22N4O/c1-2-3-6-11-14-12(17-15-11)9-16-7-4-5-10(16)8-13/h10H,2-9,13H2,1H3. The first kappa shape index (κ1) is 12.5. The van der Waals surface area contributed by atoms with Gasteiger partial charge in [0.2, 0.25) is 5.89 Å². The first-order valence-corrected chi connectivity index (χ1v) is 6.59. The number of likely N-dealkylation sites (tertiary alicyclic amines) is 1. The highest BCUT2D eigenvalue weighted by Crippen LogP contribution is 2.18.